The van der Waals surface area contributed by atoms with Gasteiger partial charge in [-0.25, -0.2) is 8.78 Å². The van der Waals surface area contributed by atoms with E-state index in [-0.39, 0.29) is 11.6 Å². The molecule has 2 saturated heterocycles. The van der Waals surface area contributed by atoms with Gasteiger partial charge in [-0.15, -0.1) is 10.2 Å². The van der Waals surface area contributed by atoms with E-state index in [0.717, 1.165) is 80.4 Å². The first-order chi connectivity index (χ1) is 20.0. The van der Waals surface area contributed by atoms with Crippen molar-refractivity contribution >= 4 is 22.3 Å². The highest BCUT2D eigenvalue weighted by Gasteiger charge is 2.42. The third-order valence-electron chi connectivity index (χ3n) is 8.94. The van der Waals surface area contributed by atoms with E-state index in [4.69, 9.17) is 9.47 Å². The van der Waals surface area contributed by atoms with Crippen LogP contribution in [-0.4, -0.2) is 67.6 Å². The minimum absolute atomic E-state index is 0.0998. The summed E-state index contributed by atoms with van der Waals surface area (Å²) in [5.74, 6) is -2.35. The van der Waals surface area contributed by atoms with Gasteiger partial charge in [-0.1, -0.05) is 31.0 Å². The summed E-state index contributed by atoms with van der Waals surface area (Å²) in [5, 5.41) is 14.3. The van der Waals surface area contributed by atoms with Crippen LogP contribution in [0.25, 0.3) is 10.8 Å². The molecule has 1 atom stereocenters. The second-order valence-corrected chi connectivity index (χ2v) is 11.7. The smallest absolute Gasteiger partial charge is 0.276 e. The average Bonchev–Trinajstić information content (AvgIpc) is 3.01. The number of alkyl halides is 2. The number of anilines is 2. The molecule has 0 unspecified atom stereocenters. The molecule has 0 radical (unpaired) electrons. The molecule has 9 heteroatoms. The van der Waals surface area contributed by atoms with E-state index in [1.807, 2.05) is 13.0 Å². The second kappa shape index (κ2) is 12.4. The summed E-state index contributed by atoms with van der Waals surface area (Å²) in [6, 6.07) is 12.9. The van der Waals surface area contributed by atoms with Crippen LogP contribution in [0, 0.1) is 5.92 Å². The van der Waals surface area contributed by atoms with Crippen molar-refractivity contribution < 1.29 is 18.3 Å². The molecule has 41 heavy (non-hydrogen) atoms. The predicted octanol–water partition coefficient (Wildman–Crippen LogP) is 6.40. The normalized spacial score (nSPS) is 25.7. The Bertz CT molecular complexity index is 1320. The SMILES string of the molecule is C[C@H]1Nc2nnc(c3cc(N4CCOCC4)ccc23)OCCCCCCN2CCC(CC2)C(F)(F)c2cccc1c2. The zero-order valence-electron chi connectivity index (χ0n) is 24.0. The minimum Gasteiger partial charge on any atom is -0.476 e. The third-order valence-corrected chi connectivity index (χ3v) is 8.94. The topological polar surface area (TPSA) is 62.8 Å². The quantitative estimate of drug-likeness (QED) is 0.367. The van der Waals surface area contributed by atoms with Crippen LogP contribution in [0.5, 0.6) is 5.88 Å². The fourth-order valence-electron chi connectivity index (χ4n) is 6.37. The van der Waals surface area contributed by atoms with Gasteiger partial charge >= 0.3 is 0 Å². The molecule has 6 aliphatic rings. The summed E-state index contributed by atoms with van der Waals surface area (Å²) in [7, 11) is 0. The fraction of sp³-hybridized carbons (Fsp3) is 0.562. The number of morpholine rings is 1. The van der Waals surface area contributed by atoms with Gasteiger partial charge in [-0.05, 0) is 82.1 Å². The molecular formula is C32H41F2N5O2. The van der Waals surface area contributed by atoms with E-state index in [2.05, 4.69) is 43.5 Å². The average molecular weight is 566 g/mol. The maximum absolute atomic E-state index is 15.8. The van der Waals surface area contributed by atoms with Crippen LogP contribution in [0.4, 0.5) is 20.3 Å². The highest BCUT2D eigenvalue weighted by Crippen LogP contribution is 2.42. The molecule has 0 spiro atoms. The first-order valence-corrected chi connectivity index (χ1v) is 15.2. The number of hydrogen-bond donors (Lipinski definition) is 1. The Morgan fingerprint density at radius 3 is 2.49 bits per heavy atom. The molecule has 3 aromatic rings. The van der Waals surface area contributed by atoms with E-state index in [1.165, 1.54) is 0 Å². The van der Waals surface area contributed by atoms with E-state index in [1.54, 1.807) is 18.2 Å². The lowest BCUT2D eigenvalue weighted by atomic mass is 9.85. The number of halogens is 2. The van der Waals surface area contributed by atoms with Crippen LogP contribution < -0.4 is 15.0 Å². The Balaban J connectivity index is 1.33. The Morgan fingerprint density at radius 2 is 1.66 bits per heavy atom. The molecule has 0 amide bonds. The zero-order valence-corrected chi connectivity index (χ0v) is 24.0. The van der Waals surface area contributed by atoms with Crippen LogP contribution in [-0.2, 0) is 10.7 Å². The number of hydrogen-bond acceptors (Lipinski definition) is 7. The summed E-state index contributed by atoms with van der Waals surface area (Å²) in [4.78, 5) is 4.66. The van der Waals surface area contributed by atoms with Gasteiger partial charge in [-0.2, -0.15) is 0 Å². The number of rotatable bonds is 1. The van der Waals surface area contributed by atoms with Crippen molar-refractivity contribution in [3.63, 3.8) is 0 Å². The molecule has 6 aliphatic heterocycles. The molecule has 220 valence electrons. The number of piperidine rings is 1. The fourth-order valence-corrected chi connectivity index (χ4v) is 6.37. The Hall–Kier alpha value is -3.04. The van der Waals surface area contributed by atoms with E-state index >= 15 is 8.78 Å². The first kappa shape index (κ1) is 28.1. The lowest BCUT2D eigenvalue weighted by Crippen LogP contribution is -2.40. The Kier molecular flexibility index (Phi) is 8.53. The highest BCUT2D eigenvalue weighted by atomic mass is 19.3. The molecule has 0 aliphatic carbocycles. The van der Waals surface area contributed by atoms with Gasteiger partial charge in [0.15, 0.2) is 5.82 Å². The van der Waals surface area contributed by atoms with Gasteiger partial charge < -0.3 is 24.6 Å². The Labute approximate surface area is 241 Å². The predicted molar refractivity (Wildman–Crippen MR) is 158 cm³/mol. The van der Waals surface area contributed by atoms with Crippen LogP contribution in [0.2, 0.25) is 0 Å². The van der Waals surface area contributed by atoms with Crippen LogP contribution in [0.1, 0.15) is 62.6 Å². The molecular weight excluding hydrogens is 524 g/mol. The van der Waals surface area contributed by atoms with Gasteiger partial charge in [0.05, 0.1) is 31.2 Å². The summed E-state index contributed by atoms with van der Waals surface area (Å²) in [5.41, 5.74) is 2.00. The van der Waals surface area contributed by atoms with Crippen molar-refractivity contribution in [1.29, 1.82) is 0 Å². The standard InChI is InChI=1S/C32H41F2N5O2/c1-23-24-7-6-8-26(21-24)32(33,34)25-11-14-38(15-12-25)13-4-2-3-5-18-41-31-29-22-27(39-16-19-40-20-17-39)9-10-28(29)30(35-23)36-37-31/h6-10,21-23,25H,2-5,11-20H2,1H3,(H,35,36)/t23-/m1/s1. The van der Waals surface area contributed by atoms with E-state index in [0.29, 0.717) is 44.4 Å². The zero-order chi connectivity index (χ0) is 28.2. The lowest BCUT2D eigenvalue weighted by molar-refractivity contribution is -0.0855. The van der Waals surface area contributed by atoms with E-state index < -0.39 is 11.8 Å². The van der Waals surface area contributed by atoms with Gasteiger partial charge in [0.1, 0.15) is 0 Å². The van der Waals surface area contributed by atoms with Crippen molar-refractivity contribution in [2.75, 3.05) is 62.8 Å². The van der Waals surface area contributed by atoms with Gasteiger partial charge in [0.25, 0.3) is 5.92 Å². The molecule has 7 heterocycles. The first-order valence-electron chi connectivity index (χ1n) is 15.2. The van der Waals surface area contributed by atoms with Crippen molar-refractivity contribution in [3.05, 3.63) is 53.6 Å². The highest BCUT2D eigenvalue weighted by molar-refractivity contribution is 5.97. The molecule has 6 bridgehead atoms. The van der Waals surface area contributed by atoms with Gasteiger partial charge in [-0.3, -0.25) is 0 Å². The third kappa shape index (κ3) is 6.26. The van der Waals surface area contributed by atoms with Crippen molar-refractivity contribution in [2.24, 2.45) is 5.92 Å². The summed E-state index contributed by atoms with van der Waals surface area (Å²) in [6.07, 6.45) is 5.23. The lowest BCUT2D eigenvalue weighted by Gasteiger charge is -2.36. The largest absolute Gasteiger partial charge is 0.476 e. The van der Waals surface area contributed by atoms with Crippen molar-refractivity contribution in [2.45, 2.75) is 57.4 Å². The molecule has 2 fully saturated rings. The monoisotopic (exact) mass is 565 g/mol. The number of benzene rings is 2. The summed E-state index contributed by atoms with van der Waals surface area (Å²) in [6.45, 7) is 8.10. The number of aromatic nitrogens is 2. The van der Waals surface area contributed by atoms with Crippen LogP contribution >= 0.6 is 0 Å². The van der Waals surface area contributed by atoms with Crippen molar-refractivity contribution in [1.82, 2.24) is 15.1 Å². The van der Waals surface area contributed by atoms with Crippen molar-refractivity contribution in [3.8, 4) is 5.88 Å². The minimum atomic E-state index is -2.86. The summed E-state index contributed by atoms with van der Waals surface area (Å²) < 4.78 is 43.3. The molecule has 2 aromatic carbocycles. The maximum atomic E-state index is 15.8. The van der Waals surface area contributed by atoms with Crippen LogP contribution in [0.15, 0.2) is 42.5 Å². The molecule has 7 nitrogen and oxygen atoms in total. The van der Waals surface area contributed by atoms with Gasteiger partial charge in [0, 0.05) is 35.6 Å². The van der Waals surface area contributed by atoms with Gasteiger partial charge in [0.2, 0.25) is 5.88 Å². The number of ether oxygens (including phenoxy) is 2. The maximum Gasteiger partial charge on any atom is 0.276 e. The summed E-state index contributed by atoms with van der Waals surface area (Å²) >= 11 is 0. The van der Waals surface area contributed by atoms with E-state index in [9.17, 15) is 0 Å². The Morgan fingerprint density at radius 1 is 0.854 bits per heavy atom. The second-order valence-electron chi connectivity index (χ2n) is 11.7. The molecule has 9 rings (SSSR count). The number of nitrogens with zero attached hydrogens (tertiary/aromatic N) is 4. The molecule has 1 aromatic heterocycles. The molecule has 0 saturated carbocycles. The molecule has 1 N–H and O–H groups in total. The number of nitrogens with one attached hydrogen (secondary N) is 1. The van der Waals surface area contributed by atoms with Crippen LogP contribution in [0.3, 0.4) is 0 Å².